The van der Waals surface area contributed by atoms with Gasteiger partial charge in [-0.15, -0.1) is 0 Å². The van der Waals surface area contributed by atoms with Crippen molar-refractivity contribution >= 4 is 5.69 Å². The van der Waals surface area contributed by atoms with Gasteiger partial charge in [0.05, 0.1) is 30.2 Å². The molecule has 0 unspecified atom stereocenters. The topological polar surface area (TPSA) is 136 Å². The van der Waals surface area contributed by atoms with Crippen LogP contribution in [-0.2, 0) is 10.3 Å². The Morgan fingerprint density at radius 3 is 2.65 bits per heavy atom. The summed E-state index contributed by atoms with van der Waals surface area (Å²) in [5.41, 5.74) is 5.48. The van der Waals surface area contributed by atoms with Gasteiger partial charge in [-0.3, -0.25) is 10.1 Å². The highest BCUT2D eigenvalue weighted by molar-refractivity contribution is 5.72. The zero-order valence-corrected chi connectivity index (χ0v) is 14.6. The highest BCUT2D eigenvalue weighted by atomic mass is 16.6. The molecular weight excluding hydrogens is 344 g/mol. The summed E-state index contributed by atoms with van der Waals surface area (Å²) in [5.74, 6) is 0.916. The van der Waals surface area contributed by atoms with Crippen LogP contribution in [0.3, 0.4) is 0 Å². The first-order chi connectivity index (χ1) is 12.5. The third-order valence-corrected chi connectivity index (χ3v) is 4.37. The van der Waals surface area contributed by atoms with Crippen LogP contribution in [0.1, 0.15) is 25.1 Å². The molecule has 0 radical (unpaired) electrons. The maximum absolute atomic E-state index is 11.5. The third-order valence-electron chi connectivity index (χ3n) is 4.37. The Morgan fingerprint density at radius 2 is 2.08 bits per heavy atom. The van der Waals surface area contributed by atoms with E-state index < -0.39 is 10.5 Å². The first kappa shape index (κ1) is 18.1. The molecule has 0 atom stereocenters. The number of methoxy groups -OCH3 is 2. The number of benzene rings is 1. The summed E-state index contributed by atoms with van der Waals surface area (Å²) in [7, 11) is 2.97. The molecule has 3 rings (SSSR count). The van der Waals surface area contributed by atoms with E-state index in [0.717, 1.165) is 19.3 Å². The van der Waals surface area contributed by atoms with E-state index in [1.807, 2.05) is 0 Å². The Hall–Kier alpha value is -2.72. The molecule has 140 valence electrons. The second-order valence-electron chi connectivity index (χ2n) is 6.05. The zero-order valence-electron chi connectivity index (χ0n) is 14.6. The molecule has 1 aliphatic carbocycles. The van der Waals surface area contributed by atoms with Crippen LogP contribution in [0.5, 0.6) is 11.5 Å². The molecule has 0 bridgehead atoms. The van der Waals surface area contributed by atoms with E-state index in [9.17, 15) is 10.1 Å². The number of nitrogens with two attached hydrogens (primary N) is 1. The number of rotatable bonds is 8. The van der Waals surface area contributed by atoms with Crippen molar-refractivity contribution < 1.29 is 23.7 Å². The number of hydrogen-bond donors (Lipinski definition) is 1. The Labute approximate surface area is 149 Å². The maximum atomic E-state index is 11.5. The fourth-order valence-electron chi connectivity index (χ4n) is 2.70. The average Bonchev–Trinajstić information content (AvgIpc) is 3.09. The van der Waals surface area contributed by atoms with E-state index in [1.54, 1.807) is 0 Å². The monoisotopic (exact) mass is 364 g/mol. The molecule has 2 N–H and O–H groups in total. The van der Waals surface area contributed by atoms with Gasteiger partial charge in [0, 0.05) is 13.2 Å². The average molecular weight is 364 g/mol. The van der Waals surface area contributed by atoms with E-state index in [-0.39, 0.29) is 29.5 Å². The van der Waals surface area contributed by atoms with Gasteiger partial charge >= 0.3 is 0 Å². The molecule has 26 heavy (non-hydrogen) atoms. The van der Waals surface area contributed by atoms with Crippen LogP contribution in [0.15, 0.2) is 16.7 Å². The number of nitro benzene ring substituents is 1. The fraction of sp³-hybridized carbons (Fsp3) is 0.500. The smallest absolute Gasteiger partial charge is 0.286 e. The molecule has 1 saturated carbocycles. The lowest BCUT2D eigenvalue weighted by molar-refractivity contribution is -0.384. The summed E-state index contributed by atoms with van der Waals surface area (Å²) in [4.78, 5) is 15.3. The van der Waals surface area contributed by atoms with E-state index in [2.05, 4.69) is 10.1 Å². The first-order valence-corrected chi connectivity index (χ1v) is 8.10. The van der Waals surface area contributed by atoms with Crippen LogP contribution < -0.4 is 15.2 Å². The second kappa shape index (κ2) is 7.26. The summed E-state index contributed by atoms with van der Waals surface area (Å²) in [6.07, 6.45) is 2.50. The van der Waals surface area contributed by atoms with Crippen molar-refractivity contribution in [2.45, 2.75) is 24.8 Å². The summed E-state index contributed by atoms with van der Waals surface area (Å²) >= 11 is 0. The van der Waals surface area contributed by atoms with Crippen LogP contribution in [0.2, 0.25) is 0 Å². The highest BCUT2D eigenvalue weighted by Gasteiger charge is 2.39. The molecule has 1 heterocycles. The third kappa shape index (κ3) is 3.33. The number of nitrogens with zero attached hydrogens (tertiary/aromatic N) is 3. The normalized spacial score (nSPS) is 15.3. The maximum Gasteiger partial charge on any atom is 0.286 e. The van der Waals surface area contributed by atoms with Gasteiger partial charge in [0.15, 0.2) is 17.3 Å². The lowest BCUT2D eigenvalue weighted by atomic mass is 9.77. The SMILES string of the molecule is COCCOc1cc([N+](=O)[O-])c(-c2nc(C3(N)CCC3)no2)cc1OC. The lowest BCUT2D eigenvalue weighted by Gasteiger charge is -2.34. The van der Waals surface area contributed by atoms with Gasteiger partial charge in [0.2, 0.25) is 0 Å². The van der Waals surface area contributed by atoms with Crippen molar-refractivity contribution in [3.63, 3.8) is 0 Å². The predicted octanol–water partition coefficient (Wildman–Crippen LogP) is 2.02. The van der Waals surface area contributed by atoms with Gasteiger partial charge in [-0.25, -0.2) is 0 Å². The number of hydrogen-bond acceptors (Lipinski definition) is 9. The molecule has 10 nitrogen and oxygen atoms in total. The fourth-order valence-corrected chi connectivity index (χ4v) is 2.70. The van der Waals surface area contributed by atoms with Gasteiger partial charge in [0.25, 0.3) is 11.6 Å². The minimum atomic E-state index is -0.621. The molecule has 1 fully saturated rings. The van der Waals surface area contributed by atoms with Gasteiger partial charge in [-0.1, -0.05) is 5.16 Å². The molecule has 0 spiro atoms. The largest absolute Gasteiger partial charge is 0.493 e. The van der Waals surface area contributed by atoms with Crippen molar-refractivity contribution in [3.8, 4) is 23.0 Å². The standard InChI is InChI=1S/C16H20N4O6/c1-23-6-7-25-13-9-11(20(21)22)10(8-12(13)24-2)14-18-15(19-26-14)16(17)4-3-5-16/h8-9H,3-7,17H2,1-2H3. The molecule has 2 aromatic rings. The van der Waals surface area contributed by atoms with E-state index >= 15 is 0 Å². The van der Waals surface area contributed by atoms with Gasteiger partial charge < -0.3 is 24.5 Å². The summed E-state index contributed by atoms with van der Waals surface area (Å²) in [6.45, 7) is 0.564. The Balaban J connectivity index is 1.99. The quantitative estimate of drug-likeness (QED) is 0.423. The van der Waals surface area contributed by atoms with Crippen molar-refractivity contribution in [2.24, 2.45) is 5.73 Å². The predicted molar refractivity (Wildman–Crippen MR) is 90.0 cm³/mol. The highest BCUT2D eigenvalue weighted by Crippen LogP contribution is 2.41. The Bertz CT molecular complexity index is 802. The summed E-state index contributed by atoms with van der Waals surface area (Å²) < 4.78 is 20.9. The lowest BCUT2D eigenvalue weighted by Crippen LogP contribution is -2.44. The van der Waals surface area contributed by atoms with Crippen molar-refractivity contribution in [1.82, 2.24) is 10.1 Å². The van der Waals surface area contributed by atoms with Gasteiger partial charge in [-0.05, 0) is 19.3 Å². The van der Waals surface area contributed by atoms with E-state index in [0.29, 0.717) is 18.2 Å². The van der Waals surface area contributed by atoms with Crippen LogP contribution in [0.25, 0.3) is 11.5 Å². The molecule has 1 aromatic carbocycles. The van der Waals surface area contributed by atoms with Gasteiger partial charge in [0.1, 0.15) is 12.2 Å². The summed E-state index contributed by atoms with van der Waals surface area (Å²) in [6, 6.07) is 2.72. The molecule has 0 saturated heterocycles. The van der Waals surface area contributed by atoms with Crippen LogP contribution in [0, 0.1) is 10.1 Å². The zero-order chi connectivity index (χ0) is 18.7. The number of aromatic nitrogens is 2. The van der Waals surface area contributed by atoms with Crippen molar-refractivity contribution in [1.29, 1.82) is 0 Å². The molecular formula is C16H20N4O6. The van der Waals surface area contributed by atoms with E-state index in [4.69, 9.17) is 24.5 Å². The van der Waals surface area contributed by atoms with Crippen LogP contribution in [-0.4, -0.2) is 42.5 Å². The molecule has 10 heteroatoms. The minimum absolute atomic E-state index is 0.0187. The molecule has 0 aliphatic heterocycles. The summed E-state index contributed by atoms with van der Waals surface area (Å²) in [5, 5.41) is 15.4. The number of ether oxygens (including phenoxy) is 3. The second-order valence-corrected chi connectivity index (χ2v) is 6.05. The molecule has 0 amide bonds. The molecule has 1 aliphatic rings. The van der Waals surface area contributed by atoms with Crippen LogP contribution in [0.4, 0.5) is 5.69 Å². The minimum Gasteiger partial charge on any atom is -0.493 e. The number of nitro groups is 1. The molecule has 1 aromatic heterocycles. The van der Waals surface area contributed by atoms with Crippen molar-refractivity contribution in [2.75, 3.05) is 27.4 Å². The Kier molecular flexibility index (Phi) is 5.05. The van der Waals surface area contributed by atoms with Crippen molar-refractivity contribution in [3.05, 3.63) is 28.1 Å². The van der Waals surface area contributed by atoms with E-state index in [1.165, 1.54) is 26.4 Å². The Morgan fingerprint density at radius 1 is 1.31 bits per heavy atom. The van der Waals surface area contributed by atoms with Crippen LogP contribution >= 0.6 is 0 Å². The van der Waals surface area contributed by atoms with Gasteiger partial charge in [-0.2, -0.15) is 4.98 Å². The first-order valence-electron chi connectivity index (χ1n) is 8.10.